The summed E-state index contributed by atoms with van der Waals surface area (Å²) in [7, 11) is 0. The molecule has 0 N–H and O–H groups in total. The highest BCUT2D eigenvalue weighted by Gasteiger charge is 2.24. The lowest BCUT2D eigenvalue weighted by molar-refractivity contribution is 0.0643. The molecule has 2 aromatic heterocycles. The molecule has 200 valence electrons. The Balaban J connectivity index is 1.50. The Morgan fingerprint density at radius 3 is 2.13 bits per heavy atom. The summed E-state index contributed by atoms with van der Waals surface area (Å²) in [4.78, 5) is 27.1. The number of pyridine rings is 2. The number of carbonyl (C=O) groups is 1. The molecule has 39 heavy (non-hydrogen) atoms. The van der Waals surface area contributed by atoms with Crippen molar-refractivity contribution >= 4 is 22.4 Å². The van der Waals surface area contributed by atoms with E-state index in [-0.39, 0.29) is 18.0 Å². The summed E-state index contributed by atoms with van der Waals surface area (Å²) in [5.41, 5.74) is 7.84. The van der Waals surface area contributed by atoms with Crippen molar-refractivity contribution in [2.75, 3.05) is 13.1 Å². The van der Waals surface area contributed by atoms with Crippen molar-refractivity contribution in [3.63, 3.8) is 0 Å². The third-order valence-corrected chi connectivity index (χ3v) is 7.59. The van der Waals surface area contributed by atoms with E-state index < -0.39 is 0 Å². The molecule has 5 heteroatoms. The number of para-hydroxylation sites is 1. The van der Waals surface area contributed by atoms with Gasteiger partial charge in [0.1, 0.15) is 0 Å². The summed E-state index contributed by atoms with van der Waals surface area (Å²) in [6, 6.07) is 25.2. The number of benzene rings is 2. The maximum atomic E-state index is 13.3. The predicted molar refractivity (Wildman–Crippen MR) is 159 cm³/mol. The molecule has 1 saturated heterocycles. The number of hydrogen-bond donors (Lipinski definition) is 0. The molecule has 0 spiro atoms. The average Bonchev–Trinajstić information content (AvgIpc) is 2.95. The molecule has 5 rings (SSSR count). The number of nitrogens with zero attached hydrogens (tertiary/aromatic N) is 4. The second kappa shape index (κ2) is 11.9. The van der Waals surface area contributed by atoms with E-state index >= 15 is 0 Å². The fourth-order valence-corrected chi connectivity index (χ4v) is 5.80. The second-order valence-corrected chi connectivity index (χ2v) is 10.9. The lowest BCUT2D eigenvalue weighted by Crippen LogP contribution is -2.42. The third kappa shape index (κ3) is 5.94. The Morgan fingerprint density at radius 2 is 1.46 bits per heavy atom. The van der Waals surface area contributed by atoms with Gasteiger partial charge >= 0.3 is 0 Å². The summed E-state index contributed by atoms with van der Waals surface area (Å²) in [5, 5.41) is 1.14. The van der Waals surface area contributed by atoms with Gasteiger partial charge in [0, 0.05) is 60.6 Å². The fraction of sp³-hybridized carbons (Fsp3) is 0.324. The predicted octanol–water partition coefficient (Wildman–Crippen LogP) is 6.99. The van der Waals surface area contributed by atoms with Crippen molar-refractivity contribution < 1.29 is 4.79 Å². The number of fused-ring (bicyclic) bond motifs is 1. The standard InChI is InChI=1S/C34H38N4O/c1-24(2)38(25(3)4)34(39)29-15-13-26(14-16-29)32(31-12-7-9-28-10-8-20-36-33(28)31)27-17-21-37(22-18-27)23-30-11-5-6-19-35-30/h5-16,19-20,24-25H,17-18,21-23H2,1-4H3. The molecule has 1 fully saturated rings. The van der Waals surface area contributed by atoms with Crippen LogP contribution < -0.4 is 0 Å². The van der Waals surface area contributed by atoms with Crippen LogP contribution in [0.1, 0.15) is 67.7 Å². The highest BCUT2D eigenvalue weighted by molar-refractivity contribution is 5.98. The lowest BCUT2D eigenvalue weighted by atomic mass is 9.87. The summed E-state index contributed by atoms with van der Waals surface area (Å²) < 4.78 is 0. The molecule has 0 radical (unpaired) electrons. The maximum Gasteiger partial charge on any atom is 0.254 e. The monoisotopic (exact) mass is 518 g/mol. The number of rotatable bonds is 7. The number of piperidine rings is 1. The van der Waals surface area contributed by atoms with Crippen LogP contribution in [-0.4, -0.2) is 50.8 Å². The van der Waals surface area contributed by atoms with Crippen molar-refractivity contribution in [3.8, 4) is 0 Å². The minimum atomic E-state index is 0.0791. The number of aromatic nitrogens is 2. The van der Waals surface area contributed by atoms with Crippen LogP contribution in [0.5, 0.6) is 0 Å². The molecule has 1 amide bonds. The second-order valence-electron chi connectivity index (χ2n) is 10.9. The van der Waals surface area contributed by atoms with E-state index in [1.54, 1.807) is 0 Å². The van der Waals surface area contributed by atoms with Gasteiger partial charge in [-0.2, -0.15) is 0 Å². The summed E-state index contributed by atoms with van der Waals surface area (Å²) >= 11 is 0. The van der Waals surface area contributed by atoms with Gasteiger partial charge in [0.25, 0.3) is 5.91 Å². The van der Waals surface area contributed by atoms with Crippen LogP contribution >= 0.6 is 0 Å². The average molecular weight is 519 g/mol. The van der Waals surface area contributed by atoms with E-state index in [2.05, 4.69) is 86.1 Å². The fourth-order valence-electron chi connectivity index (χ4n) is 5.80. The number of amides is 1. The molecular formula is C34H38N4O. The van der Waals surface area contributed by atoms with Crippen molar-refractivity contribution in [1.82, 2.24) is 19.8 Å². The zero-order valence-corrected chi connectivity index (χ0v) is 23.5. The normalized spacial score (nSPS) is 14.3. The van der Waals surface area contributed by atoms with E-state index in [0.717, 1.165) is 65.8 Å². The molecule has 0 atom stereocenters. The molecule has 1 aliphatic heterocycles. The Kier molecular flexibility index (Phi) is 8.18. The van der Waals surface area contributed by atoms with Gasteiger partial charge in [-0.25, -0.2) is 0 Å². The number of carbonyl (C=O) groups excluding carboxylic acids is 1. The first-order valence-electron chi connectivity index (χ1n) is 14.0. The van der Waals surface area contributed by atoms with Gasteiger partial charge in [0.2, 0.25) is 0 Å². The van der Waals surface area contributed by atoms with Crippen LogP contribution in [0.3, 0.4) is 0 Å². The van der Waals surface area contributed by atoms with E-state index in [9.17, 15) is 4.79 Å². The van der Waals surface area contributed by atoms with Crippen LogP contribution in [0, 0.1) is 0 Å². The first-order chi connectivity index (χ1) is 18.9. The first kappa shape index (κ1) is 26.8. The highest BCUT2D eigenvalue weighted by atomic mass is 16.2. The molecule has 0 unspecified atom stereocenters. The van der Waals surface area contributed by atoms with E-state index in [0.29, 0.717) is 0 Å². The van der Waals surface area contributed by atoms with Crippen LogP contribution in [0.15, 0.2) is 90.8 Å². The SMILES string of the molecule is CC(C)N(C(=O)c1ccc(C(=C2CCN(Cc3ccccn3)CC2)c2cccc3cccnc23)cc1)C(C)C. The highest BCUT2D eigenvalue weighted by Crippen LogP contribution is 2.36. The van der Waals surface area contributed by atoms with Crippen molar-refractivity contribution in [2.45, 2.75) is 59.2 Å². The molecule has 1 aliphatic rings. The molecule has 0 saturated carbocycles. The molecule has 4 aromatic rings. The van der Waals surface area contributed by atoms with Crippen LogP contribution in [0.25, 0.3) is 16.5 Å². The van der Waals surface area contributed by atoms with Crippen LogP contribution in [0.2, 0.25) is 0 Å². The van der Waals surface area contributed by atoms with Gasteiger partial charge in [-0.1, -0.05) is 48.0 Å². The topological polar surface area (TPSA) is 49.3 Å². The van der Waals surface area contributed by atoms with Crippen LogP contribution in [0.4, 0.5) is 0 Å². The van der Waals surface area contributed by atoms with Gasteiger partial charge in [0.15, 0.2) is 0 Å². The molecule has 0 bridgehead atoms. The van der Waals surface area contributed by atoms with Crippen LogP contribution in [-0.2, 0) is 6.54 Å². The molecule has 5 nitrogen and oxygen atoms in total. The van der Waals surface area contributed by atoms with Gasteiger partial charge in [-0.15, -0.1) is 0 Å². The molecular weight excluding hydrogens is 480 g/mol. The number of hydrogen-bond acceptors (Lipinski definition) is 4. The van der Waals surface area contributed by atoms with Crippen molar-refractivity contribution in [3.05, 3.63) is 113 Å². The van der Waals surface area contributed by atoms with Gasteiger partial charge < -0.3 is 4.90 Å². The zero-order valence-electron chi connectivity index (χ0n) is 23.5. The molecule has 0 aliphatic carbocycles. The Morgan fingerprint density at radius 1 is 0.795 bits per heavy atom. The minimum absolute atomic E-state index is 0.0791. The zero-order chi connectivity index (χ0) is 27.4. The maximum absolute atomic E-state index is 13.3. The van der Waals surface area contributed by atoms with Crippen molar-refractivity contribution in [1.29, 1.82) is 0 Å². The summed E-state index contributed by atoms with van der Waals surface area (Å²) in [6.45, 7) is 11.1. The molecule has 2 aromatic carbocycles. The Labute approximate surface area is 232 Å². The van der Waals surface area contributed by atoms with E-state index in [1.807, 2.05) is 41.6 Å². The third-order valence-electron chi connectivity index (χ3n) is 7.59. The quantitative estimate of drug-likeness (QED) is 0.265. The lowest BCUT2D eigenvalue weighted by Gasteiger charge is -2.31. The molecule has 3 heterocycles. The van der Waals surface area contributed by atoms with E-state index in [1.165, 1.54) is 11.1 Å². The Bertz CT molecular complexity index is 1430. The largest absolute Gasteiger partial charge is 0.334 e. The number of likely N-dealkylation sites (tertiary alicyclic amines) is 1. The van der Waals surface area contributed by atoms with Crippen molar-refractivity contribution in [2.24, 2.45) is 0 Å². The van der Waals surface area contributed by atoms with E-state index in [4.69, 9.17) is 4.98 Å². The summed E-state index contributed by atoms with van der Waals surface area (Å²) in [6.07, 6.45) is 5.71. The summed E-state index contributed by atoms with van der Waals surface area (Å²) in [5.74, 6) is 0.0791. The first-order valence-corrected chi connectivity index (χ1v) is 14.0. The minimum Gasteiger partial charge on any atom is -0.334 e. The van der Waals surface area contributed by atoms with Gasteiger partial charge in [-0.05, 0) is 82.0 Å². The smallest absolute Gasteiger partial charge is 0.254 e. The van der Waals surface area contributed by atoms with Gasteiger partial charge in [-0.3, -0.25) is 19.7 Å². The van der Waals surface area contributed by atoms with Gasteiger partial charge in [0.05, 0.1) is 11.2 Å². The Hall–Kier alpha value is -3.83.